The Labute approximate surface area is 182 Å². The first kappa shape index (κ1) is 19.2. The van der Waals surface area contributed by atoms with E-state index in [9.17, 15) is 9.90 Å². The maximum Gasteiger partial charge on any atom is 0.272 e. The van der Waals surface area contributed by atoms with E-state index in [1.54, 1.807) is 30.5 Å². The highest BCUT2D eigenvalue weighted by molar-refractivity contribution is 6.30. The number of phenols is 1. The summed E-state index contributed by atoms with van der Waals surface area (Å²) >= 11 is 5.98. The van der Waals surface area contributed by atoms with Crippen molar-refractivity contribution >= 4 is 23.3 Å². The molecule has 9 heteroatoms. The van der Waals surface area contributed by atoms with Gasteiger partial charge >= 0.3 is 0 Å². The summed E-state index contributed by atoms with van der Waals surface area (Å²) in [6.45, 7) is 1.89. The van der Waals surface area contributed by atoms with E-state index < -0.39 is 0 Å². The average molecular weight is 433 g/mol. The highest BCUT2D eigenvalue weighted by atomic mass is 35.5. The molecule has 1 aliphatic rings. The van der Waals surface area contributed by atoms with E-state index in [2.05, 4.69) is 25.6 Å². The third kappa shape index (κ3) is 3.51. The molecule has 1 aliphatic heterocycles. The molecule has 3 heterocycles. The van der Waals surface area contributed by atoms with E-state index in [0.717, 1.165) is 22.4 Å². The molecular weight excluding hydrogens is 416 g/mol. The van der Waals surface area contributed by atoms with Crippen molar-refractivity contribution in [2.45, 2.75) is 19.3 Å². The van der Waals surface area contributed by atoms with Crippen LogP contribution in [0.2, 0.25) is 5.02 Å². The Morgan fingerprint density at radius 1 is 1.13 bits per heavy atom. The van der Waals surface area contributed by atoms with Gasteiger partial charge in [0.15, 0.2) is 0 Å². The van der Waals surface area contributed by atoms with Crippen LogP contribution in [0.25, 0.3) is 17.2 Å². The van der Waals surface area contributed by atoms with E-state index in [0.29, 0.717) is 16.5 Å². The first-order valence-electron chi connectivity index (χ1n) is 9.64. The summed E-state index contributed by atoms with van der Waals surface area (Å²) in [5.41, 5.74) is 4.02. The van der Waals surface area contributed by atoms with Gasteiger partial charge in [0.25, 0.3) is 5.95 Å². The van der Waals surface area contributed by atoms with Crippen molar-refractivity contribution in [2.24, 2.45) is 0 Å². The van der Waals surface area contributed by atoms with Crippen LogP contribution in [0, 0.1) is 6.92 Å². The summed E-state index contributed by atoms with van der Waals surface area (Å²) in [5, 5.41) is 26.0. The fraction of sp³-hybridized carbons (Fsp3) is 0.136. The van der Waals surface area contributed by atoms with E-state index >= 15 is 0 Å². The number of carbonyl (C=O) groups is 1. The lowest BCUT2D eigenvalue weighted by atomic mass is 9.86. The Balaban J connectivity index is 1.60. The molecule has 31 heavy (non-hydrogen) atoms. The first-order chi connectivity index (χ1) is 15.0. The number of nitrogens with zero attached hydrogens (tertiary/aromatic N) is 5. The molecule has 0 aliphatic carbocycles. The van der Waals surface area contributed by atoms with Crippen molar-refractivity contribution in [3.63, 3.8) is 0 Å². The van der Waals surface area contributed by atoms with E-state index in [4.69, 9.17) is 11.6 Å². The molecule has 0 radical (unpaired) electrons. The molecule has 4 aromatic rings. The van der Waals surface area contributed by atoms with Crippen LogP contribution < -0.4 is 5.32 Å². The third-order valence-corrected chi connectivity index (χ3v) is 5.53. The van der Waals surface area contributed by atoms with Gasteiger partial charge in [0.05, 0.1) is 17.6 Å². The van der Waals surface area contributed by atoms with Crippen molar-refractivity contribution in [3.8, 4) is 23.0 Å². The summed E-state index contributed by atoms with van der Waals surface area (Å²) in [6, 6.07) is 14.1. The number of anilines is 1. The summed E-state index contributed by atoms with van der Waals surface area (Å²) in [5.74, 6) is 0.638. The minimum atomic E-state index is -0.189. The number of aromatic nitrogens is 5. The predicted octanol–water partition coefficient (Wildman–Crippen LogP) is 3.87. The Morgan fingerprint density at radius 3 is 2.61 bits per heavy atom. The first-order valence-corrected chi connectivity index (χ1v) is 10.0. The number of rotatable bonds is 3. The summed E-state index contributed by atoms with van der Waals surface area (Å²) < 4.78 is 1.52. The predicted molar refractivity (Wildman–Crippen MR) is 115 cm³/mol. The molecule has 2 aromatic heterocycles. The molecule has 2 aromatic carbocycles. The maximum absolute atomic E-state index is 12.5. The number of benzene rings is 2. The smallest absolute Gasteiger partial charge is 0.272 e. The second-order valence-corrected chi connectivity index (χ2v) is 7.74. The van der Waals surface area contributed by atoms with Crippen LogP contribution >= 0.6 is 11.6 Å². The number of hydrogen-bond acceptors (Lipinski definition) is 6. The summed E-state index contributed by atoms with van der Waals surface area (Å²) in [6.07, 6.45) is 1.85. The molecule has 2 N–H and O–H groups in total. The van der Waals surface area contributed by atoms with Crippen LogP contribution in [0.5, 0.6) is 5.75 Å². The Bertz CT molecular complexity index is 1280. The summed E-state index contributed by atoms with van der Waals surface area (Å²) in [7, 11) is 0. The number of nitrogens with one attached hydrogen (secondary N) is 1. The van der Waals surface area contributed by atoms with Crippen LogP contribution in [0.4, 0.5) is 5.82 Å². The number of fused-ring (bicyclic) bond motifs is 1. The lowest BCUT2D eigenvalue weighted by molar-refractivity contribution is -0.116. The van der Waals surface area contributed by atoms with Crippen molar-refractivity contribution in [1.82, 2.24) is 25.0 Å². The molecule has 0 saturated heterocycles. The Hall–Kier alpha value is -3.78. The summed E-state index contributed by atoms with van der Waals surface area (Å²) in [4.78, 5) is 17.1. The Morgan fingerprint density at radius 2 is 1.87 bits per heavy atom. The number of halogens is 1. The molecule has 8 nitrogen and oxygen atoms in total. The van der Waals surface area contributed by atoms with Gasteiger partial charge in [-0.3, -0.25) is 4.79 Å². The normalized spacial score (nSPS) is 15.4. The van der Waals surface area contributed by atoms with Gasteiger partial charge in [0.1, 0.15) is 11.6 Å². The zero-order valence-electron chi connectivity index (χ0n) is 16.5. The lowest BCUT2D eigenvalue weighted by Crippen LogP contribution is -2.25. The lowest BCUT2D eigenvalue weighted by Gasteiger charge is -2.24. The van der Waals surface area contributed by atoms with Crippen molar-refractivity contribution < 1.29 is 9.90 Å². The van der Waals surface area contributed by atoms with Crippen LogP contribution in [-0.2, 0) is 4.79 Å². The molecule has 0 saturated carbocycles. The van der Waals surface area contributed by atoms with Crippen LogP contribution in [0.1, 0.15) is 29.2 Å². The van der Waals surface area contributed by atoms with Crippen LogP contribution in [0.15, 0.2) is 54.7 Å². The van der Waals surface area contributed by atoms with Gasteiger partial charge in [-0.15, -0.1) is 5.10 Å². The molecule has 0 fully saturated rings. The van der Waals surface area contributed by atoms with Crippen molar-refractivity contribution in [1.29, 1.82) is 0 Å². The third-order valence-electron chi connectivity index (χ3n) is 5.28. The minimum Gasteiger partial charge on any atom is -0.508 e. The molecule has 0 spiro atoms. The van der Waals surface area contributed by atoms with Gasteiger partial charge in [-0.2, -0.15) is 14.9 Å². The molecular formula is C22H17ClN6O2. The quantitative estimate of drug-likeness (QED) is 0.509. The number of aromatic hydroxyl groups is 1. The van der Waals surface area contributed by atoms with Gasteiger partial charge < -0.3 is 10.4 Å². The molecule has 1 atom stereocenters. The van der Waals surface area contributed by atoms with E-state index in [1.165, 1.54) is 4.68 Å². The highest BCUT2D eigenvalue weighted by Crippen LogP contribution is 2.40. The largest absolute Gasteiger partial charge is 0.508 e. The Kier molecular flexibility index (Phi) is 4.63. The molecule has 0 bridgehead atoms. The fourth-order valence-corrected chi connectivity index (χ4v) is 3.95. The zero-order chi connectivity index (χ0) is 21.5. The van der Waals surface area contributed by atoms with Crippen molar-refractivity contribution in [3.05, 3.63) is 76.6 Å². The average Bonchev–Trinajstić information content (AvgIpc) is 3.10. The molecule has 1 amide bonds. The van der Waals surface area contributed by atoms with E-state index in [1.807, 2.05) is 31.2 Å². The van der Waals surface area contributed by atoms with Gasteiger partial charge in [0, 0.05) is 28.5 Å². The van der Waals surface area contributed by atoms with Crippen LogP contribution in [-0.4, -0.2) is 36.0 Å². The number of aryl methyl sites for hydroxylation is 1. The number of phenolic OH excluding ortho intramolecular Hbond substituents is 1. The van der Waals surface area contributed by atoms with E-state index in [-0.39, 0.29) is 29.9 Å². The SMILES string of the molecule is Cc1nn(-c2nncc(-c3ccc(Cl)cc3)n2)c2c1C(c1ccc(O)cc1)CC(=O)N2. The zero-order valence-corrected chi connectivity index (χ0v) is 17.2. The topological polar surface area (TPSA) is 106 Å². The number of amides is 1. The second kappa shape index (κ2) is 7.48. The molecule has 5 rings (SSSR count). The molecule has 154 valence electrons. The van der Waals surface area contributed by atoms with Gasteiger partial charge in [-0.1, -0.05) is 35.9 Å². The van der Waals surface area contributed by atoms with Crippen molar-refractivity contribution in [2.75, 3.05) is 5.32 Å². The monoisotopic (exact) mass is 432 g/mol. The van der Waals surface area contributed by atoms with Gasteiger partial charge in [-0.25, -0.2) is 4.98 Å². The number of hydrogen-bond donors (Lipinski definition) is 2. The fourth-order valence-electron chi connectivity index (χ4n) is 3.83. The van der Waals surface area contributed by atoms with Gasteiger partial charge in [0.2, 0.25) is 5.91 Å². The van der Waals surface area contributed by atoms with Crippen LogP contribution in [0.3, 0.4) is 0 Å². The second-order valence-electron chi connectivity index (χ2n) is 7.30. The highest BCUT2D eigenvalue weighted by Gasteiger charge is 2.33. The van der Waals surface area contributed by atoms with Gasteiger partial charge in [-0.05, 0) is 36.8 Å². The molecule has 1 unspecified atom stereocenters. The standard InChI is InChI=1S/C22H17ClN6O2/c1-12-20-17(13-4-8-16(30)9-5-13)10-19(31)26-21(20)29(28-12)22-25-18(11-24-27-22)14-2-6-15(23)7-3-14/h2-9,11,17,30H,10H2,1H3,(H,26,31). The number of carbonyl (C=O) groups excluding carboxylic acids is 1. The maximum atomic E-state index is 12.5. The minimum absolute atomic E-state index is 0.131.